The van der Waals surface area contributed by atoms with Crippen molar-refractivity contribution in [1.29, 1.82) is 0 Å². The lowest BCUT2D eigenvalue weighted by Gasteiger charge is -2.05. The molecule has 2 nitrogen and oxygen atoms in total. The van der Waals surface area contributed by atoms with Gasteiger partial charge in [0.05, 0.1) is 5.52 Å². The van der Waals surface area contributed by atoms with Crippen molar-refractivity contribution in [3.63, 3.8) is 0 Å². The average molecular weight is 243 g/mol. The number of nitrogens with two attached hydrogens (primary N) is 1. The largest absolute Gasteiger partial charge is 0.383 e. The predicted octanol–water partition coefficient (Wildman–Crippen LogP) is 3.51. The van der Waals surface area contributed by atoms with Crippen LogP contribution in [0, 0.1) is 13.8 Å². The third-order valence-electron chi connectivity index (χ3n) is 2.30. The number of anilines is 1. The summed E-state index contributed by atoms with van der Waals surface area (Å²) in [4.78, 5) is 4.33. The summed E-state index contributed by atoms with van der Waals surface area (Å²) in [7, 11) is 0. The van der Waals surface area contributed by atoms with Crippen molar-refractivity contribution in [1.82, 2.24) is 4.98 Å². The van der Waals surface area contributed by atoms with Gasteiger partial charge in [0.15, 0.2) is 0 Å². The number of hydrogen-bond donors (Lipinski definition) is 1. The molecule has 0 aliphatic heterocycles. The third-order valence-corrected chi connectivity index (χ3v) is 2.52. The second-order valence-corrected chi connectivity index (χ2v) is 3.92. The number of hydrogen-bond acceptors (Lipinski definition) is 2. The second kappa shape index (κ2) is 4.25. The van der Waals surface area contributed by atoms with Crippen LogP contribution in [-0.4, -0.2) is 4.98 Å². The Bertz CT molecular complexity index is 509. The summed E-state index contributed by atoms with van der Waals surface area (Å²) in [5, 5.41) is 1.78. The molecule has 0 spiro atoms. The van der Waals surface area contributed by atoms with E-state index >= 15 is 0 Å². The lowest BCUT2D eigenvalue weighted by Crippen LogP contribution is -1.95. The van der Waals surface area contributed by atoms with Crippen LogP contribution in [0.3, 0.4) is 0 Å². The zero-order valence-electron chi connectivity index (χ0n) is 8.54. The second-order valence-electron chi connectivity index (χ2n) is 3.48. The van der Waals surface area contributed by atoms with Crippen molar-refractivity contribution in [3.8, 4) is 0 Å². The van der Waals surface area contributed by atoms with Gasteiger partial charge in [0.2, 0.25) is 0 Å². The fraction of sp³-hybridized carbons (Fsp3) is 0.182. The molecule has 2 aromatic rings. The molecule has 0 fully saturated rings. The van der Waals surface area contributed by atoms with Gasteiger partial charge in [-0.25, -0.2) is 4.98 Å². The standard InChI is InChI=1S/C11H11ClN2.ClH/c1-6-4-9(12)5-8-3-7(2)11(13)14-10(6)8;/h3-5H,1-2H3,(H2,13,14);1H. The summed E-state index contributed by atoms with van der Waals surface area (Å²) in [5.74, 6) is 0.586. The summed E-state index contributed by atoms with van der Waals surface area (Å²) >= 11 is 5.96. The first-order valence-corrected chi connectivity index (χ1v) is 4.78. The van der Waals surface area contributed by atoms with Crippen molar-refractivity contribution in [2.24, 2.45) is 0 Å². The highest BCUT2D eigenvalue weighted by Gasteiger charge is 2.03. The molecule has 0 amide bonds. The van der Waals surface area contributed by atoms with Crippen molar-refractivity contribution < 1.29 is 0 Å². The molecule has 80 valence electrons. The third kappa shape index (κ3) is 2.16. The minimum atomic E-state index is 0. The van der Waals surface area contributed by atoms with Crippen LogP contribution in [0.5, 0.6) is 0 Å². The molecule has 1 aromatic carbocycles. The van der Waals surface area contributed by atoms with Gasteiger partial charge in [-0.15, -0.1) is 12.4 Å². The minimum absolute atomic E-state index is 0. The maximum atomic E-state index is 5.96. The Hall–Kier alpha value is -0.990. The molecule has 2 N–H and O–H groups in total. The number of nitrogen functional groups attached to an aromatic ring is 1. The van der Waals surface area contributed by atoms with Gasteiger partial charge in [-0.3, -0.25) is 0 Å². The summed E-state index contributed by atoms with van der Waals surface area (Å²) in [6.45, 7) is 3.92. The van der Waals surface area contributed by atoms with Crippen molar-refractivity contribution in [2.75, 3.05) is 5.73 Å². The average Bonchev–Trinajstić information content (AvgIpc) is 2.08. The number of aromatic nitrogens is 1. The Morgan fingerprint density at radius 1 is 1.13 bits per heavy atom. The lowest BCUT2D eigenvalue weighted by molar-refractivity contribution is 1.32. The van der Waals surface area contributed by atoms with Gasteiger partial charge >= 0.3 is 0 Å². The highest BCUT2D eigenvalue weighted by atomic mass is 35.5. The number of pyridine rings is 1. The first-order valence-electron chi connectivity index (χ1n) is 4.41. The number of fused-ring (bicyclic) bond motifs is 1. The zero-order chi connectivity index (χ0) is 10.3. The highest BCUT2D eigenvalue weighted by Crippen LogP contribution is 2.24. The molecule has 15 heavy (non-hydrogen) atoms. The highest BCUT2D eigenvalue weighted by molar-refractivity contribution is 6.31. The SMILES string of the molecule is Cc1cc2cc(Cl)cc(C)c2nc1N.Cl. The molecule has 2 rings (SSSR count). The number of halogens is 2. The van der Waals surface area contributed by atoms with E-state index in [-0.39, 0.29) is 12.4 Å². The first kappa shape index (κ1) is 12.1. The molecule has 0 saturated carbocycles. The Kier molecular flexibility index (Phi) is 3.42. The predicted molar refractivity (Wildman–Crippen MR) is 67.9 cm³/mol. The normalized spacial score (nSPS) is 10.1. The van der Waals surface area contributed by atoms with Crippen LogP contribution in [0.4, 0.5) is 5.82 Å². The monoisotopic (exact) mass is 242 g/mol. The number of rotatable bonds is 0. The van der Waals surface area contributed by atoms with Crippen LogP contribution < -0.4 is 5.73 Å². The summed E-state index contributed by atoms with van der Waals surface area (Å²) < 4.78 is 0. The smallest absolute Gasteiger partial charge is 0.127 e. The van der Waals surface area contributed by atoms with E-state index in [1.165, 1.54) is 0 Å². The summed E-state index contributed by atoms with van der Waals surface area (Å²) in [5.41, 5.74) is 8.72. The Morgan fingerprint density at radius 2 is 1.80 bits per heavy atom. The molecule has 0 saturated heterocycles. The van der Waals surface area contributed by atoms with Crippen molar-refractivity contribution >= 4 is 40.7 Å². The van der Waals surface area contributed by atoms with E-state index in [1.54, 1.807) is 0 Å². The summed E-state index contributed by atoms with van der Waals surface area (Å²) in [6.07, 6.45) is 0. The first-order chi connectivity index (χ1) is 6.58. The van der Waals surface area contributed by atoms with Crippen LogP contribution in [0.1, 0.15) is 11.1 Å². The molecule has 0 unspecified atom stereocenters. The van der Waals surface area contributed by atoms with E-state index in [9.17, 15) is 0 Å². The molecule has 0 aliphatic rings. The van der Waals surface area contributed by atoms with Gasteiger partial charge in [-0.2, -0.15) is 0 Å². The molecular formula is C11H12Cl2N2. The molecular weight excluding hydrogens is 231 g/mol. The van der Waals surface area contributed by atoms with Crippen LogP contribution in [0.2, 0.25) is 5.02 Å². The van der Waals surface area contributed by atoms with Gasteiger partial charge in [0, 0.05) is 10.4 Å². The topological polar surface area (TPSA) is 38.9 Å². The van der Waals surface area contributed by atoms with Gasteiger partial charge in [-0.1, -0.05) is 11.6 Å². The quantitative estimate of drug-likeness (QED) is 0.768. The van der Waals surface area contributed by atoms with E-state index < -0.39 is 0 Å². The molecule has 1 aromatic heterocycles. The Labute approximate surface area is 99.9 Å². The van der Waals surface area contributed by atoms with E-state index in [0.717, 1.165) is 27.1 Å². The van der Waals surface area contributed by atoms with Crippen LogP contribution in [0.15, 0.2) is 18.2 Å². The van der Waals surface area contributed by atoms with Crippen molar-refractivity contribution in [3.05, 3.63) is 34.3 Å². The molecule has 0 atom stereocenters. The van der Waals surface area contributed by atoms with Crippen LogP contribution in [-0.2, 0) is 0 Å². The molecule has 0 radical (unpaired) electrons. The van der Waals surface area contributed by atoms with Crippen LogP contribution in [0.25, 0.3) is 10.9 Å². The van der Waals surface area contributed by atoms with Gasteiger partial charge in [0.25, 0.3) is 0 Å². The van der Waals surface area contributed by atoms with Gasteiger partial charge < -0.3 is 5.73 Å². The number of aryl methyl sites for hydroxylation is 2. The maximum Gasteiger partial charge on any atom is 0.127 e. The Morgan fingerprint density at radius 3 is 2.47 bits per heavy atom. The summed E-state index contributed by atoms with van der Waals surface area (Å²) in [6, 6.07) is 5.81. The van der Waals surface area contributed by atoms with Gasteiger partial charge in [-0.05, 0) is 43.2 Å². The van der Waals surface area contributed by atoms with Gasteiger partial charge in [0.1, 0.15) is 5.82 Å². The lowest BCUT2D eigenvalue weighted by atomic mass is 10.1. The van der Waals surface area contributed by atoms with E-state index in [4.69, 9.17) is 17.3 Å². The molecule has 0 aliphatic carbocycles. The fourth-order valence-corrected chi connectivity index (χ4v) is 1.82. The molecule has 1 heterocycles. The van der Waals surface area contributed by atoms with Crippen LogP contribution >= 0.6 is 24.0 Å². The molecule has 0 bridgehead atoms. The number of benzene rings is 1. The zero-order valence-corrected chi connectivity index (χ0v) is 10.1. The van der Waals surface area contributed by atoms with E-state index in [0.29, 0.717) is 5.82 Å². The Balaban J connectivity index is 0.00000112. The minimum Gasteiger partial charge on any atom is -0.383 e. The van der Waals surface area contributed by atoms with E-state index in [1.807, 2.05) is 32.0 Å². The maximum absolute atomic E-state index is 5.96. The van der Waals surface area contributed by atoms with E-state index in [2.05, 4.69) is 4.98 Å². The molecule has 4 heteroatoms. The van der Waals surface area contributed by atoms with Crippen molar-refractivity contribution in [2.45, 2.75) is 13.8 Å². The fourth-order valence-electron chi connectivity index (χ4n) is 1.54. The number of nitrogens with zero attached hydrogens (tertiary/aromatic N) is 1.